The molecule has 0 spiro atoms. The minimum Gasteiger partial charge on any atom is -0.475 e. The summed E-state index contributed by atoms with van der Waals surface area (Å²) in [5, 5.41) is 9.40. The molecule has 1 N–H and O–H groups in total. The van der Waals surface area contributed by atoms with Gasteiger partial charge in [0, 0.05) is 6.07 Å². The van der Waals surface area contributed by atoms with Crippen LogP contribution in [0.4, 0.5) is 0 Å². The normalized spacial score (nSPS) is 14.9. The number of benzene rings is 1. The van der Waals surface area contributed by atoms with Crippen LogP contribution >= 0.6 is 0 Å². The number of hydrogen-bond donors (Lipinski definition) is 1. The van der Waals surface area contributed by atoms with Crippen LogP contribution in [0.15, 0.2) is 27.4 Å². The molecule has 0 fully saturated rings. The van der Waals surface area contributed by atoms with Crippen molar-refractivity contribution < 1.29 is 14.3 Å². The molecule has 1 aromatic carbocycles. The molecule has 1 aliphatic rings. The minimum atomic E-state index is -1.21. The van der Waals surface area contributed by atoms with Gasteiger partial charge in [0.1, 0.15) is 5.58 Å². The molecule has 1 heterocycles. The molecule has 1 aliphatic carbocycles. The maximum atomic E-state index is 12.0. The second kappa shape index (κ2) is 4.53. The van der Waals surface area contributed by atoms with Crippen LogP contribution in [0.1, 0.15) is 40.9 Å². The first-order valence-corrected chi connectivity index (χ1v) is 6.48. The maximum absolute atomic E-state index is 12.0. The first-order chi connectivity index (χ1) is 9.15. The molecule has 0 saturated heterocycles. The van der Waals surface area contributed by atoms with Gasteiger partial charge in [-0.25, -0.2) is 4.79 Å². The summed E-state index contributed by atoms with van der Waals surface area (Å²) in [5.41, 5.74) is 2.47. The van der Waals surface area contributed by atoms with E-state index in [9.17, 15) is 9.59 Å². The standard InChI is InChI=1S/C15H14O4/c16-12-8-14(15(17)18)19-13-7-10-5-3-1-2-4-9(10)6-11(12)13/h6-8H,1-5H2,(H,17,18). The zero-order valence-electron chi connectivity index (χ0n) is 10.4. The Labute approximate surface area is 109 Å². The van der Waals surface area contributed by atoms with Gasteiger partial charge in [-0.3, -0.25) is 4.79 Å². The first kappa shape index (κ1) is 12.0. The van der Waals surface area contributed by atoms with E-state index in [0.29, 0.717) is 11.0 Å². The Morgan fingerprint density at radius 1 is 1.05 bits per heavy atom. The van der Waals surface area contributed by atoms with Crippen molar-refractivity contribution in [1.82, 2.24) is 0 Å². The number of aromatic carboxylic acids is 1. The van der Waals surface area contributed by atoms with Gasteiger partial charge in [0.2, 0.25) is 5.76 Å². The fourth-order valence-electron chi connectivity index (χ4n) is 2.67. The summed E-state index contributed by atoms with van der Waals surface area (Å²) in [4.78, 5) is 22.9. The summed E-state index contributed by atoms with van der Waals surface area (Å²) in [5.74, 6) is -1.51. The summed E-state index contributed by atoms with van der Waals surface area (Å²) >= 11 is 0. The van der Waals surface area contributed by atoms with Crippen molar-refractivity contribution in [3.63, 3.8) is 0 Å². The van der Waals surface area contributed by atoms with Crippen LogP contribution in [0.3, 0.4) is 0 Å². The lowest BCUT2D eigenvalue weighted by atomic mass is 10.0. The fraction of sp³-hybridized carbons (Fsp3) is 0.333. The van der Waals surface area contributed by atoms with E-state index in [4.69, 9.17) is 9.52 Å². The summed E-state index contributed by atoms with van der Waals surface area (Å²) < 4.78 is 5.31. The topological polar surface area (TPSA) is 67.5 Å². The SMILES string of the molecule is O=C(O)c1cc(=O)c2cc3c(cc2o1)CCCCC3. The van der Waals surface area contributed by atoms with E-state index in [-0.39, 0.29) is 11.2 Å². The third-order valence-electron chi connectivity index (χ3n) is 3.65. The van der Waals surface area contributed by atoms with Crippen LogP contribution in [0, 0.1) is 0 Å². The number of carboxylic acid groups (broad SMARTS) is 1. The second-order valence-corrected chi connectivity index (χ2v) is 4.96. The molecule has 0 amide bonds. The van der Waals surface area contributed by atoms with Crippen LogP contribution in [0.25, 0.3) is 11.0 Å². The molecular formula is C15H14O4. The van der Waals surface area contributed by atoms with E-state index < -0.39 is 5.97 Å². The molecule has 0 aliphatic heterocycles. The largest absolute Gasteiger partial charge is 0.475 e. The summed E-state index contributed by atoms with van der Waals surface area (Å²) in [7, 11) is 0. The highest BCUT2D eigenvalue weighted by atomic mass is 16.4. The van der Waals surface area contributed by atoms with Crippen molar-refractivity contribution >= 4 is 16.9 Å². The quantitative estimate of drug-likeness (QED) is 0.798. The lowest BCUT2D eigenvalue weighted by molar-refractivity contribution is 0.0663. The molecule has 4 heteroatoms. The van der Waals surface area contributed by atoms with Gasteiger partial charge in [-0.1, -0.05) is 6.42 Å². The predicted octanol–water partition coefficient (Wildman–Crippen LogP) is 2.76. The molecule has 3 rings (SSSR count). The lowest BCUT2D eigenvalue weighted by Gasteiger charge is -2.07. The molecule has 0 bridgehead atoms. The zero-order chi connectivity index (χ0) is 13.4. The van der Waals surface area contributed by atoms with Crippen molar-refractivity contribution in [2.75, 3.05) is 0 Å². The molecule has 4 nitrogen and oxygen atoms in total. The van der Waals surface area contributed by atoms with Crippen molar-refractivity contribution in [3.05, 3.63) is 45.3 Å². The Morgan fingerprint density at radius 3 is 2.42 bits per heavy atom. The second-order valence-electron chi connectivity index (χ2n) is 4.96. The molecule has 98 valence electrons. The predicted molar refractivity (Wildman–Crippen MR) is 70.7 cm³/mol. The van der Waals surface area contributed by atoms with E-state index in [1.807, 2.05) is 12.1 Å². The van der Waals surface area contributed by atoms with Gasteiger partial charge in [0.25, 0.3) is 0 Å². The maximum Gasteiger partial charge on any atom is 0.371 e. The van der Waals surface area contributed by atoms with E-state index in [1.54, 1.807) is 0 Å². The average Bonchev–Trinajstić information content (AvgIpc) is 2.61. The van der Waals surface area contributed by atoms with Crippen LogP contribution in [0.2, 0.25) is 0 Å². The molecule has 1 aromatic heterocycles. The van der Waals surface area contributed by atoms with Gasteiger partial charge in [0.15, 0.2) is 5.43 Å². The Hall–Kier alpha value is -2.10. The number of fused-ring (bicyclic) bond motifs is 2. The third-order valence-corrected chi connectivity index (χ3v) is 3.65. The van der Waals surface area contributed by atoms with Gasteiger partial charge in [-0.2, -0.15) is 0 Å². The van der Waals surface area contributed by atoms with Gasteiger partial charge in [0.05, 0.1) is 5.39 Å². The smallest absolute Gasteiger partial charge is 0.371 e. The Bertz CT molecular complexity index is 712. The summed E-state index contributed by atoms with van der Waals surface area (Å²) in [6, 6.07) is 4.75. The molecule has 2 aromatic rings. The minimum absolute atomic E-state index is 0.286. The fourth-order valence-corrected chi connectivity index (χ4v) is 2.67. The van der Waals surface area contributed by atoms with Crippen molar-refractivity contribution in [2.45, 2.75) is 32.1 Å². The number of aryl methyl sites for hydroxylation is 2. The Balaban J connectivity index is 2.26. The van der Waals surface area contributed by atoms with Crippen LogP contribution in [0.5, 0.6) is 0 Å². The zero-order valence-corrected chi connectivity index (χ0v) is 10.4. The number of carboxylic acids is 1. The van der Waals surface area contributed by atoms with Gasteiger partial charge >= 0.3 is 5.97 Å². The summed E-state index contributed by atoms with van der Waals surface area (Å²) in [6.45, 7) is 0. The Morgan fingerprint density at radius 2 is 1.74 bits per heavy atom. The van der Waals surface area contributed by atoms with Crippen molar-refractivity contribution in [3.8, 4) is 0 Å². The van der Waals surface area contributed by atoms with Crippen LogP contribution < -0.4 is 5.43 Å². The van der Waals surface area contributed by atoms with E-state index >= 15 is 0 Å². The highest BCUT2D eigenvalue weighted by Crippen LogP contribution is 2.25. The highest BCUT2D eigenvalue weighted by Gasteiger charge is 2.14. The molecule has 0 atom stereocenters. The average molecular weight is 258 g/mol. The number of carbonyl (C=O) groups is 1. The van der Waals surface area contributed by atoms with E-state index in [0.717, 1.165) is 31.7 Å². The molecule has 19 heavy (non-hydrogen) atoms. The monoisotopic (exact) mass is 258 g/mol. The molecule has 0 saturated carbocycles. The number of rotatable bonds is 1. The molecule has 0 unspecified atom stereocenters. The Kier molecular flexibility index (Phi) is 2.85. The van der Waals surface area contributed by atoms with Gasteiger partial charge < -0.3 is 9.52 Å². The van der Waals surface area contributed by atoms with E-state index in [2.05, 4.69) is 0 Å². The van der Waals surface area contributed by atoms with Crippen LogP contribution in [-0.4, -0.2) is 11.1 Å². The van der Waals surface area contributed by atoms with E-state index in [1.165, 1.54) is 17.5 Å². The van der Waals surface area contributed by atoms with Crippen LogP contribution in [-0.2, 0) is 12.8 Å². The van der Waals surface area contributed by atoms with Crippen molar-refractivity contribution in [2.24, 2.45) is 0 Å². The number of hydrogen-bond acceptors (Lipinski definition) is 3. The molecule has 0 radical (unpaired) electrons. The summed E-state index contributed by atoms with van der Waals surface area (Å²) in [6.07, 6.45) is 5.39. The van der Waals surface area contributed by atoms with Gasteiger partial charge in [-0.05, 0) is 48.9 Å². The molecular weight excluding hydrogens is 244 g/mol. The lowest BCUT2D eigenvalue weighted by Crippen LogP contribution is -2.07. The third kappa shape index (κ3) is 2.14. The van der Waals surface area contributed by atoms with Gasteiger partial charge in [-0.15, -0.1) is 0 Å². The first-order valence-electron chi connectivity index (χ1n) is 6.48. The highest BCUT2D eigenvalue weighted by molar-refractivity contribution is 5.87. The van der Waals surface area contributed by atoms with Crippen molar-refractivity contribution in [1.29, 1.82) is 0 Å².